The maximum Gasteiger partial charge on any atom is 0.340 e. The molecule has 0 aliphatic heterocycles. The summed E-state index contributed by atoms with van der Waals surface area (Å²) in [5.74, 6) is 0.647. The first-order chi connectivity index (χ1) is 15.1. The van der Waals surface area contributed by atoms with Crippen molar-refractivity contribution in [1.82, 2.24) is 9.55 Å². The number of carbonyl (C=O) groups is 1. The van der Waals surface area contributed by atoms with E-state index in [4.69, 9.17) is 15.5 Å². The Hall–Kier alpha value is -3.60. The molecule has 0 aliphatic rings. The van der Waals surface area contributed by atoms with Crippen molar-refractivity contribution in [3.05, 3.63) is 83.7 Å². The number of esters is 1. The van der Waals surface area contributed by atoms with Gasteiger partial charge in [-0.15, -0.1) is 0 Å². The number of nitrogen functional groups attached to an aromatic ring is 1. The SMILES string of the molecule is CCCCc1nc2cccc(C(=O)OC)c2n1Cc1ccc(-c2ccccc2N)cc1. The van der Waals surface area contributed by atoms with Crippen molar-refractivity contribution >= 4 is 22.7 Å². The van der Waals surface area contributed by atoms with Crippen LogP contribution in [0.3, 0.4) is 0 Å². The molecule has 4 rings (SSSR count). The second kappa shape index (κ2) is 9.04. The van der Waals surface area contributed by atoms with E-state index in [1.807, 2.05) is 36.4 Å². The number of hydrogen-bond acceptors (Lipinski definition) is 4. The van der Waals surface area contributed by atoms with Gasteiger partial charge in [0.2, 0.25) is 0 Å². The van der Waals surface area contributed by atoms with Gasteiger partial charge < -0.3 is 15.0 Å². The van der Waals surface area contributed by atoms with E-state index >= 15 is 0 Å². The molecule has 0 fully saturated rings. The zero-order valence-electron chi connectivity index (χ0n) is 18.0. The van der Waals surface area contributed by atoms with Gasteiger partial charge in [-0.2, -0.15) is 0 Å². The standard InChI is InChI=1S/C26H27N3O2/c1-3-4-12-24-28-23-11-7-9-21(26(30)31-2)25(23)29(24)17-18-13-15-19(16-14-18)20-8-5-6-10-22(20)27/h5-11,13-16H,3-4,12,17,27H2,1-2H3. The highest BCUT2D eigenvalue weighted by atomic mass is 16.5. The van der Waals surface area contributed by atoms with Crippen LogP contribution in [0, 0.1) is 0 Å². The number of nitrogens with two attached hydrogens (primary N) is 1. The summed E-state index contributed by atoms with van der Waals surface area (Å²) in [5.41, 5.74) is 12.3. The Kier molecular flexibility index (Phi) is 6.03. The van der Waals surface area contributed by atoms with Gasteiger partial charge in [-0.05, 0) is 35.7 Å². The average molecular weight is 414 g/mol. The van der Waals surface area contributed by atoms with E-state index in [1.54, 1.807) is 6.07 Å². The number of nitrogens with zero attached hydrogens (tertiary/aromatic N) is 2. The van der Waals surface area contributed by atoms with Crippen LogP contribution in [-0.2, 0) is 17.7 Å². The van der Waals surface area contributed by atoms with Crippen LogP contribution in [0.1, 0.15) is 41.5 Å². The van der Waals surface area contributed by atoms with E-state index in [1.165, 1.54) is 7.11 Å². The van der Waals surface area contributed by atoms with E-state index in [-0.39, 0.29) is 5.97 Å². The summed E-state index contributed by atoms with van der Waals surface area (Å²) in [5, 5.41) is 0. The third-order valence-corrected chi connectivity index (χ3v) is 5.57. The molecule has 0 saturated heterocycles. The monoisotopic (exact) mass is 413 g/mol. The molecule has 0 amide bonds. The number of rotatable bonds is 7. The third kappa shape index (κ3) is 4.17. The van der Waals surface area contributed by atoms with Gasteiger partial charge in [0, 0.05) is 24.2 Å². The van der Waals surface area contributed by atoms with Crippen molar-refractivity contribution in [3.63, 3.8) is 0 Å². The van der Waals surface area contributed by atoms with Crippen LogP contribution >= 0.6 is 0 Å². The fraction of sp³-hybridized carbons (Fsp3) is 0.231. The molecule has 158 valence electrons. The smallest absolute Gasteiger partial charge is 0.340 e. The molecule has 4 aromatic rings. The second-order valence-electron chi connectivity index (χ2n) is 7.67. The van der Waals surface area contributed by atoms with Gasteiger partial charge in [-0.25, -0.2) is 9.78 Å². The Morgan fingerprint density at radius 2 is 1.81 bits per heavy atom. The summed E-state index contributed by atoms with van der Waals surface area (Å²) >= 11 is 0. The summed E-state index contributed by atoms with van der Waals surface area (Å²) in [4.78, 5) is 17.3. The lowest BCUT2D eigenvalue weighted by Gasteiger charge is -2.12. The predicted molar refractivity (Wildman–Crippen MR) is 125 cm³/mol. The fourth-order valence-corrected chi connectivity index (χ4v) is 3.94. The van der Waals surface area contributed by atoms with Gasteiger partial charge in [0.1, 0.15) is 5.82 Å². The van der Waals surface area contributed by atoms with E-state index < -0.39 is 0 Å². The lowest BCUT2D eigenvalue weighted by Crippen LogP contribution is -2.09. The number of methoxy groups -OCH3 is 1. The molecule has 5 heteroatoms. The number of para-hydroxylation sites is 2. The number of aryl methyl sites for hydroxylation is 1. The molecule has 2 N–H and O–H groups in total. The first-order valence-electron chi connectivity index (χ1n) is 10.6. The number of ether oxygens (including phenoxy) is 1. The van der Waals surface area contributed by atoms with Crippen LogP contribution in [-0.4, -0.2) is 22.6 Å². The van der Waals surface area contributed by atoms with Crippen LogP contribution in [0.4, 0.5) is 5.69 Å². The molecule has 0 unspecified atom stereocenters. The van der Waals surface area contributed by atoms with E-state index in [0.717, 1.165) is 58.5 Å². The van der Waals surface area contributed by atoms with Gasteiger partial charge >= 0.3 is 5.97 Å². The lowest BCUT2D eigenvalue weighted by molar-refractivity contribution is 0.0602. The fourth-order valence-electron chi connectivity index (χ4n) is 3.94. The molecule has 0 spiro atoms. The Morgan fingerprint density at radius 1 is 1.03 bits per heavy atom. The number of aromatic nitrogens is 2. The highest BCUT2D eigenvalue weighted by Gasteiger charge is 2.18. The second-order valence-corrected chi connectivity index (χ2v) is 7.67. The van der Waals surface area contributed by atoms with Crippen molar-refractivity contribution < 1.29 is 9.53 Å². The van der Waals surface area contributed by atoms with Crippen molar-refractivity contribution in [3.8, 4) is 11.1 Å². The Balaban J connectivity index is 1.74. The van der Waals surface area contributed by atoms with Crippen molar-refractivity contribution in [2.45, 2.75) is 32.7 Å². The Labute approximate surface area is 182 Å². The highest BCUT2D eigenvalue weighted by molar-refractivity contribution is 6.02. The van der Waals surface area contributed by atoms with Crippen molar-refractivity contribution in [1.29, 1.82) is 0 Å². The van der Waals surface area contributed by atoms with E-state index in [9.17, 15) is 4.79 Å². The van der Waals surface area contributed by atoms with E-state index in [0.29, 0.717) is 12.1 Å². The maximum absolute atomic E-state index is 12.4. The quantitative estimate of drug-likeness (QED) is 0.322. The molecule has 0 bridgehead atoms. The summed E-state index contributed by atoms with van der Waals surface area (Å²) in [7, 11) is 1.41. The van der Waals surface area contributed by atoms with Crippen LogP contribution in [0.15, 0.2) is 66.7 Å². The molecule has 0 atom stereocenters. The molecular formula is C26H27N3O2. The average Bonchev–Trinajstić information content (AvgIpc) is 3.15. The zero-order valence-corrected chi connectivity index (χ0v) is 18.0. The summed E-state index contributed by atoms with van der Waals surface area (Å²) in [6, 6.07) is 21.9. The minimum absolute atomic E-state index is 0.344. The molecule has 1 heterocycles. The van der Waals surface area contributed by atoms with Gasteiger partial charge in [0.05, 0.1) is 23.7 Å². The Bertz CT molecular complexity index is 1210. The number of fused-ring (bicyclic) bond motifs is 1. The minimum atomic E-state index is -0.344. The van der Waals surface area contributed by atoms with Crippen molar-refractivity contribution in [2.24, 2.45) is 0 Å². The molecule has 0 aliphatic carbocycles. The maximum atomic E-state index is 12.4. The molecule has 31 heavy (non-hydrogen) atoms. The van der Waals surface area contributed by atoms with Gasteiger partial charge in [-0.1, -0.05) is 61.9 Å². The number of unbranched alkanes of at least 4 members (excludes halogenated alkanes) is 1. The molecule has 5 nitrogen and oxygen atoms in total. The number of anilines is 1. The lowest BCUT2D eigenvalue weighted by atomic mass is 10.0. The van der Waals surface area contributed by atoms with E-state index in [2.05, 4.69) is 35.8 Å². The highest BCUT2D eigenvalue weighted by Crippen LogP contribution is 2.27. The van der Waals surface area contributed by atoms with Gasteiger partial charge in [0.15, 0.2) is 0 Å². The largest absolute Gasteiger partial charge is 0.465 e. The molecule has 1 aromatic heterocycles. The number of carbonyl (C=O) groups excluding carboxylic acids is 1. The number of imidazole rings is 1. The first-order valence-corrected chi connectivity index (χ1v) is 10.6. The summed E-state index contributed by atoms with van der Waals surface area (Å²) in [6.45, 7) is 2.80. The van der Waals surface area contributed by atoms with Crippen LogP contribution < -0.4 is 5.73 Å². The number of benzene rings is 3. The van der Waals surface area contributed by atoms with Gasteiger partial charge in [-0.3, -0.25) is 0 Å². The van der Waals surface area contributed by atoms with Crippen LogP contribution in [0.25, 0.3) is 22.2 Å². The minimum Gasteiger partial charge on any atom is -0.465 e. The topological polar surface area (TPSA) is 70.1 Å². The predicted octanol–water partition coefficient (Wildman–Crippen LogP) is 5.46. The summed E-state index contributed by atoms with van der Waals surface area (Å²) < 4.78 is 7.18. The van der Waals surface area contributed by atoms with Gasteiger partial charge in [0.25, 0.3) is 0 Å². The molecule has 0 saturated carbocycles. The molecular weight excluding hydrogens is 386 g/mol. The first kappa shape index (κ1) is 20.7. The Morgan fingerprint density at radius 3 is 2.52 bits per heavy atom. The normalized spacial score (nSPS) is 11.0. The molecule has 3 aromatic carbocycles. The zero-order chi connectivity index (χ0) is 21.8. The number of hydrogen-bond donors (Lipinski definition) is 1. The third-order valence-electron chi connectivity index (χ3n) is 5.57. The van der Waals surface area contributed by atoms with Crippen LogP contribution in [0.2, 0.25) is 0 Å². The molecule has 0 radical (unpaired) electrons. The summed E-state index contributed by atoms with van der Waals surface area (Å²) in [6.07, 6.45) is 2.99. The van der Waals surface area contributed by atoms with Crippen molar-refractivity contribution in [2.75, 3.05) is 12.8 Å². The van der Waals surface area contributed by atoms with Crippen LogP contribution in [0.5, 0.6) is 0 Å².